The molecule has 0 atom stereocenters. The Labute approximate surface area is 105 Å². The van der Waals surface area contributed by atoms with E-state index in [0.717, 1.165) is 10.2 Å². The zero-order valence-corrected chi connectivity index (χ0v) is 10.5. The first-order valence-electron chi connectivity index (χ1n) is 4.51. The third-order valence-corrected chi connectivity index (χ3v) is 3.05. The predicted octanol–water partition coefficient (Wildman–Crippen LogP) is 2.89. The fraction of sp³-hybridized carbons (Fsp3) is 0.100. The summed E-state index contributed by atoms with van der Waals surface area (Å²) >= 11 is 9.03. The fourth-order valence-corrected chi connectivity index (χ4v) is 1.90. The third kappa shape index (κ3) is 2.11. The highest BCUT2D eigenvalue weighted by molar-refractivity contribution is 9.10. The van der Waals surface area contributed by atoms with Crippen LogP contribution >= 0.6 is 27.5 Å². The number of nitrogens with zero attached hydrogens (tertiary/aromatic N) is 2. The monoisotopic (exact) mass is 303 g/mol. The minimum absolute atomic E-state index is 0.0680. The number of rotatable bonds is 2. The minimum Gasteiger partial charge on any atom is -0.325 e. The highest BCUT2D eigenvalue weighted by Crippen LogP contribution is 2.21. The molecule has 1 aromatic heterocycles. The molecule has 1 aromatic carbocycles. The molecule has 0 fully saturated rings. The average Bonchev–Trinajstić information content (AvgIpc) is 2.64. The summed E-state index contributed by atoms with van der Waals surface area (Å²) in [5, 5.41) is 4.30. The van der Waals surface area contributed by atoms with Crippen LogP contribution in [0.5, 0.6) is 0 Å². The standard InChI is InChI=1S/C10H8BrClFN3/c11-7-5-16(15-10(7)4-14)6-1-2-9(13)8(12)3-6/h1-3,5H,4,14H2. The van der Waals surface area contributed by atoms with Gasteiger partial charge in [-0.05, 0) is 34.1 Å². The lowest BCUT2D eigenvalue weighted by atomic mass is 10.3. The number of nitrogens with two attached hydrogens (primary N) is 1. The van der Waals surface area contributed by atoms with Gasteiger partial charge in [0.1, 0.15) is 5.82 Å². The lowest BCUT2D eigenvalue weighted by Crippen LogP contribution is -2.00. The molecule has 6 heteroatoms. The van der Waals surface area contributed by atoms with E-state index in [4.69, 9.17) is 17.3 Å². The SMILES string of the molecule is NCc1nn(-c2ccc(F)c(Cl)c2)cc1Br. The molecular weight excluding hydrogens is 296 g/mol. The van der Waals surface area contributed by atoms with Gasteiger partial charge in [-0.1, -0.05) is 11.6 Å². The molecule has 3 nitrogen and oxygen atoms in total. The van der Waals surface area contributed by atoms with Crippen LogP contribution in [0, 0.1) is 5.82 Å². The van der Waals surface area contributed by atoms with Crippen LogP contribution in [0.2, 0.25) is 5.02 Å². The Morgan fingerprint density at radius 2 is 2.25 bits per heavy atom. The van der Waals surface area contributed by atoms with Crippen LogP contribution in [0.15, 0.2) is 28.9 Å². The molecular formula is C10H8BrClFN3. The van der Waals surface area contributed by atoms with E-state index in [1.54, 1.807) is 16.9 Å². The van der Waals surface area contributed by atoms with Gasteiger partial charge in [0, 0.05) is 12.7 Å². The van der Waals surface area contributed by atoms with Crippen molar-refractivity contribution in [1.29, 1.82) is 0 Å². The number of benzene rings is 1. The summed E-state index contributed by atoms with van der Waals surface area (Å²) in [5.41, 5.74) is 6.93. The molecule has 84 valence electrons. The molecule has 0 radical (unpaired) electrons. The van der Waals surface area contributed by atoms with Gasteiger partial charge in [0.25, 0.3) is 0 Å². The topological polar surface area (TPSA) is 43.8 Å². The molecule has 0 saturated heterocycles. The van der Waals surface area contributed by atoms with Crippen molar-refractivity contribution >= 4 is 27.5 Å². The Kier molecular flexibility index (Phi) is 3.28. The lowest BCUT2D eigenvalue weighted by molar-refractivity contribution is 0.627. The van der Waals surface area contributed by atoms with Gasteiger partial charge in [0.05, 0.1) is 20.9 Å². The Morgan fingerprint density at radius 1 is 1.50 bits per heavy atom. The third-order valence-electron chi connectivity index (χ3n) is 2.10. The van der Waals surface area contributed by atoms with Gasteiger partial charge in [-0.15, -0.1) is 0 Å². The second kappa shape index (κ2) is 4.53. The summed E-state index contributed by atoms with van der Waals surface area (Å²) in [6, 6.07) is 4.41. The summed E-state index contributed by atoms with van der Waals surface area (Å²) in [5.74, 6) is -0.448. The van der Waals surface area contributed by atoms with Gasteiger partial charge >= 0.3 is 0 Å². The maximum Gasteiger partial charge on any atom is 0.141 e. The van der Waals surface area contributed by atoms with Gasteiger partial charge in [0.15, 0.2) is 0 Å². The van der Waals surface area contributed by atoms with E-state index >= 15 is 0 Å². The first-order chi connectivity index (χ1) is 7.61. The van der Waals surface area contributed by atoms with E-state index in [0.29, 0.717) is 12.2 Å². The summed E-state index contributed by atoms with van der Waals surface area (Å²) in [7, 11) is 0. The van der Waals surface area contributed by atoms with Gasteiger partial charge < -0.3 is 5.73 Å². The van der Waals surface area contributed by atoms with Crippen molar-refractivity contribution in [3.8, 4) is 5.69 Å². The van der Waals surface area contributed by atoms with Crippen molar-refractivity contribution in [2.75, 3.05) is 0 Å². The summed E-state index contributed by atoms with van der Waals surface area (Å²) in [6.07, 6.45) is 1.76. The molecule has 0 spiro atoms. The average molecular weight is 305 g/mol. The number of aromatic nitrogens is 2. The first-order valence-corrected chi connectivity index (χ1v) is 5.68. The maximum atomic E-state index is 13.0. The molecule has 2 N–H and O–H groups in total. The van der Waals surface area contributed by atoms with Crippen LogP contribution in [0.3, 0.4) is 0 Å². The quantitative estimate of drug-likeness (QED) is 0.927. The predicted molar refractivity (Wildman–Crippen MR) is 64.1 cm³/mol. The molecule has 0 aliphatic rings. The van der Waals surface area contributed by atoms with Crippen LogP contribution in [0.1, 0.15) is 5.69 Å². The highest BCUT2D eigenvalue weighted by Gasteiger charge is 2.07. The first kappa shape index (κ1) is 11.6. The number of hydrogen-bond acceptors (Lipinski definition) is 2. The normalized spacial score (nSPS) is 10.8. The van der Waals surface area contributed by atoms with Crippen molar-refractivity contribution in [1.82, 2.24) is 9.78 Å². The molecule has 16 heavy (non-hydrogen) atoms. The largest absolute Gasteiger partial charge is 0.325 e. The highest BCUT2D eigenvalue weighted by atomic mass is 79.9. The molecule has 0 saturated carbocycles. The van der Waals surface area contributed by atoms with Gasteiger partial charge in [-0.3, -0.25) is 0 Å². The zero-order chi connectivity index (χ0) is 11.7. The van der Waals surface area contributed by atoms with Crippen molar-refractivity contribution < 1.29 is 4.39 Å². The van der Waals surface area contributed by atoms with E-state index in [1.165, 1.54) is 12.1 Å². The van der Waals surface area contributed by atoms with Crippen molar-refractivity contribution in [2.45, 2.75) is 6.54 Å². The molecule has 2 aromatic rings. The second-order valence-electron chi connectivity index (χ2n) is 3.17. The van der Waals surface area contributed by atoms with Crippen LogP contribution in [0.4, 0.5) is 4.39 Å². The van der Waals surface area contributed by atoms with E-state index in [-0.39, 0.29) is 5.02 Å². The van der Waals surface area contributed by atoms with E-state index in [1.807, 2.05) is 0 Å². The minimum atomic E-state index is -0.448. The Hall–Kier alpha value is -0.910. The number of hydrogen-bond donors (Lipinski definition) is 1. The summed E-state index contributed by atoms with van der Waals surface area (Å²) < 4.78 is 15.4. The van der Waals surface area contributed by atoms with Crippen LogP contribution in [-0.2, 0) is 6.54 Å². The molecule has 2 rings (SSSR count). The Morgan fingerprint density at radius 3 is 2.81 bits per heavy atom. The van der Waals surface area contributed by atoms with Crippen LogP contribution in [0.25, 0.3) is 5.69 Å². The Balaban J connectivity index is 2.46. The molecule has 0 aliphatic heterocycles. The van der Waals surface area contributed by atoms with Crippen LogP contribution in [-0.4, -0.2) is 9.78 Å². The van der Waals surface area contributed by atoms with E-state index in [9.17, 15) is 4.39 Å². The second-order valence-corrected chi connectivity index (χ2v) is 4.43. The number of halogens is 3. The fourth-order valence-electron chi connectivity index (χ4n) is 1.29. The van der Waals surface area contributed by atoms with Gasteiger partial charge in [0.2, 0.25) is 0 Å². The summed E-state index contributed by atoms with van der Waals surface area (Å²) in [6.45, 7) is 0.336. The molecule has 0 aliphatic carbocycles. The van der Waals surface area contributed by atoms with Gasteiger partial charge in [-0.25, -0.2) is 9.07 Å². The van der Waals surface area contributed by atoms with E-state index < -0.39 is 5.82 Å². The van der Waals surface area contributed by atoms with Crippen LogP contribution < -0.4 is 5.73 Å². The van der Waals surface area contributed by atoms with Crippen molar-refractivity contribution in [2.24, 2.45) is 5.73 Å². The lowest BCUT2D eigenvalue weighted by Gasteiger charge is -2.02. The molecule has 1 heterocycles. The molecule has 0 bridgehead atoms. The molecule has 0 amide bonds. The zero-order valence-electron chi connectivity index (χ0n) is 8.12. The smallest absolute Gasteiger partial charge is 0.141 e. The Bertz CT molecular complexity index is 527. The van der Waals surface area contributed by atoms with E-state index in [2.05, 4.69) is 21.0 Å². The van der Waals surface area contributed by atoms with Crippen molar-refractivity contribution in [3.05, 3.63) is 45.4 Å². The van der Waals surface area contributed by atoms with Crippen molar-refractivity contribution in [3.63, 3.8) is 0 Å². The molecule has 0 unspecified atom stereocenters. The maximum absolute atomic E-state index is 13.0. The van der Waals surface area contributed by atoms with Gasteiger partial charge in [-0.2, -0.15) is 5.10 Å². The summed E-state index contributed by atoms with van der Waals surface area (Å²) in [4.78, 5) is 0.